The smallest absolute Gasteiger partial charge is 0.358 e. The third kappa shape index (κ3) is 3.23. The van der Waals surface area contributed by atoms with Crippen molar-refractivity contribution in [2.24, 2.45) is 0 Å². The fraction of sp³-hybridized carbons (Fsp3) is 0.636. The fourth-order valence-electron chi connectivity index (χ4n) is 1.87. The number of hydrogen-bond acceptors (Lipinski definition) is 5. The molecule has 2 N–H and O–H groups in total. The number of rotatable bonds is 6. The van der Waals surface area contributed by atoms with E-state index in [0.29, 0.717) is 26.2 Å². The van der Waals surface area contributed by atoms with Crippen molar-refractivity contribution in [2.45, 2.75) is 12.5 Å². The summed E-state index contributed by atoms with van der Waals surface area (Å²) >= 11 is 0. The van der Waals surface area contributed by atoms with Gasteiger partial charge in [-0.15, -0.1) is 5.10 Å². The number of aromatic nitrogens is 3. The van der Waals surface area contributed by atoms with Gasteiger partial charge in [-0.25, -0.2) is 14.3 Å². The molecule has 0 radical (unpaired) electrons. The number of urea groups is 1. The van der Waals surface area contributed by atoms with Gasteiger partial charge < -0.3 is 20.1 Å². The summed E-state index contributed by atoms with van der Waals surface area (Å²) in [6.45, 7) is 2.18. The molecule has 0 atom stereocenters. The maximum atomic E-state index is 11.7. The zero-order valence-electron chi connectivity index (χ0n) is 11.2. The molecule has 1 aliphatic heterocycles. The van der Waals surface area contributed by atoms with E-state index in [2.05, 4.69) is 15.6 Å². The number of aromatic carboxylic acids is 1. The van der Waals surface area contributed by atoms with E-state index in [1.54, 1.807) is 12.0 Å². The Morgan fingerprint density at radius 1 is 1.55 bits per heavy atom. The highest BCUT2D eigenvalue weighted by molar-refractivity contribution is 5.84. The summed E-state index contributed by atoms with van der Waals surface area (Å²) in [5.41, 5.74) is -0.0903. The maximum absolute atomic E-state index is 11.7. The second-order valence-electron chi connectivity index (χ2n) is 4.53. The number of carboxylic acid groups (broad SMARTS) is 1. The van der Waals surface area contributed by atoms with Crippen LogP contribution in [0.4, 0.5) is 4.79 Å². The van der Waals surface area contributed by atoms with E-state index >= 15 is 0 Å². The molecule has 2 amide bonds. The molecule has 0 bridgehead atoms. The molecule has 0 aromatic carbocycles. The molecule has 1 aromatic heterocycles. The van der Waals surface area contributed by atoms with Crippen LogP contribution in [0.2, 0.25) is 0 Å². The number of likely N-dealkylation sites (tertiary alicyclic amines) is 1. The molecule has 1 saturated heterocycles. The second-order valence-corrected chi connectivity index (χ2v) is 4.53. The highest BCUT2D eigenvalue weighted by Gasteiger charge is 2.32. The van der Waals surface area contributed by atoms with Gasteiger partial charge in [0.2, 0.25) is 0 Å². The SMILES string of the molecule is COCCCNC(=O)N1CC(n2cc(C(=O)O)nn2)C1. The Bertz CT molecular complexity index is 483. The van der Waals surface area contributed by atoms with Crippen molar-refractivity contribution < 1.29 is 19.4 Å². The van der Waals surface area contributed by atoms with Crippen molar-refractivity contribution in [3.05, 3.63) is 11.9 Å². The van der Waals surface area contributed by atoms with Crippen molar-refractivity contribution in [3.63, 3.8) is 0 Å². The van der Waals surface area contributed by atoms with Crippen LogP contribution in [0.25, 0.3) is 0 Å². The predicted octanol–water partition coefficient (Wildman–Crippen LogP) is -0.421. The molecule has 0 spiro atoms. The Labute approximate surface area is 115 Å². The first-order chi connectivity index (χ1) is 9.61. The lowest BCUT2D eigenvalue weighted by Gasteiger charge is -2.38. The Balaban J connectivity index is 1.73. The predicted molar refractivity (Wildman–Crippen MR) is 67.5 cm³/mol. The van der Waals surface area contributed by atoms with Gasteiger partial charge in [-0.3, -0.25) is 0 Å². The van der Waals surface area contributed by atoms with Gasteiger partial charge in [0.25, 0.3) is 0 Å². The van der Waals surface area contributed by atoms with Crippen molar-refractivity contribution in [2.75, 3.05) is 33.4 Å². The van der Waals surface area contributed by atoms with E-state index in [-0.39, 0.29) is 17.8 Å². The molecule has 1 fully saturated rings. The van der Waals surface area contributed by atoms with Gasteiger partial charge in [0.1, 0.15) is 0 Å². The fourth-order valence-corrected chi connectivity index (χ4v) is 1.87. The number of carboxylic acids is 1. The number of amides is 2. The summed E-state index contributed by atoms with van der Waals surface area (Å²) in [5, 5.41) is 18.8. The van der Waals surface area contributed by atoms with Gasteiger partial charge in [-0.05, 0) is 6.42 Å². The molecule has 2 rings (SSSR count). The number of nitrogens with one attached hydrogen (secondary N) is 1. The largest absolute Gasteiger partial charge is 0.476 e. The lowest BCUT2D eigenvalue weighted by molar-refractivity contribution is 0.0690. The zero-order chi connectivity index (χ0) is 14.5. The number of ether oxygens (including phenoxy) is 1. The highest BCUT2D eigenvalue weighted by atomic mass is 16.5. The van der Waals surface area contributed by atoms with Crippen LogP contribution in [0.15, 0.2) is 6.20 Å². The quantitative estimate of drug-likeness (QED) is 0.686. The Kier molecular flexibility index (Phi) is 4.51. The molecule has 9 heteroatoms. The van der Waals surface area contributed by atoms with Gasteiger partial charge in [0, 0.05) is 33.4 Å². The molecule has 1 aromatic rings. The Morgan fingerprint density at radius 3 is 2.90 bits per heavy atom. The molecule has 0 unspecified atom stereocenters. The monoisotopic (exact) mass is 283 g/mol. The average molecular weight is 283 g/mol. The standard InChI is InChI=1S/C11H17N5O4/c1-20-4-2-3-12-11(19)15-5-8(6-15)16-7-9(10(17)18)13-14-16/h7-8H,2-6H2,1H3,(H,12,19)(H,17,18). The van der Waals surface area contributed by atoms with E-state index in [9.17, 15) is 9.59 Å². The van der Waals surface area contributed by atoms with Gasteiger partial charge in [-0.1, -0.05) is 5.21 Å². The second kappa shape index (κ2) is 6.33. The molecule has 0 saturated carbocycles. The molecular formula is C11H17N5O4. The topological polar surface area (TPSA) is 110 Å². The van der Waals surface area contributed by atoms with E-state index in [0.717, 1.165) is 6.42 Å². The molecule has 2 heterocycles. The van der Waals surface area contributed by atoms with E-state index in [1.165, 1.54) is 10.9 Å². The van der Waals surface area contributed by atoms with Crippen molar-refractivity contribution in [1.29, 1.82) is 0 Å². The first-order valence-corrected chi connectivity index (χ1v) is 6.28. The lowest BCUT2D eigenvalue weighted by atomic mass is 10.1. The number of carbonyl (C=O) groups excluding carboxylic acids is 1. The van der Waals surface area contributed by atoms with E-state index in [1.807, 2.05) is 0 Å². The Morgan fingerprint density at radius 2 is 2.30 bits per heavy atom. The Hall–Kier alpha value is -2.16. The number of hydrogen-bond donors (Lipinski definition) is 2. The number of methoxy groups -OCH3 is 1. The summed E-state index contributed by atoms with van der Waals surface area (Å²) < 4.78 is 6.37. The van der Waals surface area contributed by atoms with E-state index in [4.69, 9.17) is 9.84 Å². The molecular weight excluding hydrogens is 266 g/mol. The summed E-state index contributed by atoms with van der Waals surface area (Å²) in [5.74, 6) is -1.11. The van der Waals surface area contributed by atoms with Gasteiger partial charge >= 0.3 is 12.0 Å². The molecule has 110 valence electrons. The summed E-state index contributed by atoms with van der Waals surface area (Å²) in [7, 11) is 1.62. The van der Waals surface area contributed by atoms with Crippen molar-refractivity contribution in [1.82, 2.24) is 25.2 Å². The van der Waals surface area contributed by atoms with Crippen LogP contribution in [-0.4, -0.2) is 70.4 Å². The number of carbonyl (C=O) groups is 2. The summed E-state index contributed by atoms with van der Waals surface area (Å²) in [4.78, 5) is 24.0. The first kappa shape index (κ1) is 14.3. The molecule has 9 nitrogen and oxygen atoms in total. The number of nitrogens with zero attached hydrogens (tertiary/aromatic N) is 4. The van der Waals surface area contributed by atoms with Crippen molar-refractivity contribution >= 4 is 12.0 Å². The molecule has 0 aliphatic carbocycles. The van der Waals surface area contributed by atoms with Crippen LogP contribution in [0.1, 0.15) is 23.0 Å². The zero-order valence-corrected chi connectivity index (χ0v) is 11.2. The van der Waals surface area contributed by atoms with Crippen LogP contribution in [0, 0.1) is 0 Å². The minimum Gasteiger partial charge on any atom is -0.476 e. The highest BCUT2D eigenvalue weighted by Crippen LogP contribution is 2.20. The van der Waals surface area contributed by atoms with Gasteiger partial charge in [0.05, 0.1) is 12.2 Å². The molecule has 20 heavy (non-hydrogen) atoms. The van der Waals surface area contributed by atoms with Crippen LogP contribution >= 0.6 is 0 Å². The van der Waals surface area contributed by atoms with Crippen LogP contribution in [0.5, 0.6) is 0 Å². The third-order valence-corrected chi connectivity index (χ3v) is 3.05. The van der Waals surface area contributed by atoms with Gasteiger partial charge in [0.15, 0.2) is 5.69 Å². The maximum Gasteiger partial charge on any atom is 0.358 e. The van der Waals surface area contributed by atoms with Crippen molar-refractivity contribution in [3.8, 4) is 0 Å². The minimum absolute atomic E-state index is 0.0136. The molecule has 1 aliphatic rings. The summed E-state index contributed by atoms with van der Waals surface area (Å²) in [6, 6.07) is -0.142. The lowest BCUT2D eigenvalue weighted by Crippen LogP contribution is -2.54. The van der Waals surface area contributed by atoms with Crippen LogP contribution in [-0.2, 0) is 4.74 Å². The first-order valence-electron chi connectivity index (χ1n) is 6.28. The summed E-state index contributed by atoms with van der Waals surface area (Å²) in [6.07, 6.45) is 2.14. The third-order valence-electron chi connectivity index (χ3n) is 3.05. The van der Waals surface area contributed by atoms with Crippen LogP contribution < -0.4 is 5.32 Å². The van der Waals surface area contributed by atoms with Gasteiger partial charge in [-0.2, -0.15) is 0 Å². The van der Waals surface area contributed by atoms with Crippen LogP contribution in [0.3, 0.4) is 0 Å². The minimum atomic E-state index is -1.11. The normalized spacial score (nSPS) is 14.9. The average Bonchev–Trinajstić information content (AvgIpc) is 2.82. The van der Waals surface area contributed by atoms with E-state index < -0.39 is 5.97 Å².